The number of carbonyl (C=O) groups is 1. The molecule has 0 saturated heterocycles. The molecule has 4 nitrogen and oxygen atoms in total. The number of amides is 1. The van der Waals surface area contributed by atoms with Crippen LogP contribution in [0.15, 0.2) is 40.1 Å². The van der Waals surface area contributed by atoms with Gasteiger partial charge in [0.25, 0.3) is 0 Å². The summed E-state index contributed by atoms with van der Waals surface area (Å²) in [5.74, 6) is 1.53. The summed E-state index contributed by atoms with van der Waals surface area (Å²) in [5, 5.41) is 5.04. The Hall–Kier alpha value is -2.40. The van der Waals surface area contributed by atoms with Crippen LogP contribution in [-0.4, -0.2) is 10.9 Å². The molecule has 25 heavy (non-hydrogen) atoms. The van der Waals surface area contributed by atoms with Gasteiger partial charge in [-0.25, -0.2) is 4.98 Å². The second-order valence-electron chi connectivity index (χ2n) is 6.42. The number of aryl methyl sites for hydroxylation is 2. The van der Waals surface area contributed by atoms with Crippen LogP contribution in [0.3, 0.4) is 0 Å². The highest BCUT2D eigenvalue weighted by atomic mass is 32.1. The summed E-state index contributed by atoms with van der Waals surface area (Å²) >= 11 is 1.57. The second-order valence-corrected chi connectivity index (χ2v) is 7.37. The van der Waals surface area contributed by atoms with E-state index in [1.165, 1.54) is 0 Å². The van der Waals surface area contributed by atoms with Gasteiger partial charge < -0.3 is 9.73 Å². The average molecular weight is 354 g/mol. The van der Waals surface area contributed by atoms with Crippen molar-refractivity contribution >= 4 is 22.9 Å². The van der Waals surface area contributed by atoms with Crippen molar-refractivity contribution < 1.29 is 9.21 Å². The molecule has 0 saturated carbocycles. The number of hydrogen-bond donors (Lipinski definition) is 1. The fourth-order valence-electron chi connectivity index (χ4n) is 2.78. The van der Waals surface area contributed by atoms with Crippen molar-refractivity contribution in [2.45, 2.75) is 40.0 Å². The Balaban J connectivity index is 1.78. The summed E-state index contributed by atoms with van der Waals surface area (Å²) in [7, 11) is 0. The Morgan fingerprint density at radius 1 is 1.24 bits per heavy atom. The van der Waals surface area contributed by atoms with Crippen LogP contribution in [0.1, 0.15) is 42.3 Å². The number of nitrogens with zero attached hydrogens (tertiary/aromatic N) is 1. The van der Waals surface area contributed by atoms with Crippen LogP contribution >= 0.6 is 11.3 Å². The second kappa shape index (κ2) is 7.23. The van der Waals surface area contributed by atoms with Crippen LogP contribution < -0.4 is 5.32 Å². The van der Waals surface area contributed by atoms with Gasteiger partial charge in [0.2, 0.25) is 11.8 Å². The molecule has 2 aromatic heterocycles. The topological polar surface area (TPSA) is 55.1 Å². The van der Waals surface area contributed by atoms with E-state index in [2.05, 4.69) is 30.2 Å². The summed E-state index contributed by atoms with van der Waals surface area (Å²) in [6.07, 6.45) is 0.201. The van der Waals surface area contributed by atoms with E-state index in [-0.39, 0.29) is 12.3 Å². The number of hydrogen-bond acceptors (Lipinski definition) is 4. The third-order valence-electron chi connectivity index (χ3n) is 4.14. The van der Waals surface area contributed by atoms with Gasteiger partial charge in [0.1, 0.15) is 5.76 Å². The largest absolute Gasteiger partial charge is 0.440 e. The van der Waals surface area contributed by atoms with Crippen molar-refractivity contribution in [3.63, 3.8) is 0 Å². The minimum atomic E-state index is -0.0784. The van der Waals surface area contributed by atoms with Crippen molar-refractivity contribution in [2.24, 2.45) is 0 Å². The fourth-order valence-corrected chi connectivity index (χ4v) is 3.42. The van der Waals surface area contributed by atoms with Gasteiger partial charge in [-0.05, 0) is 42.3 Å². The summed E-state index contributed by atoms with van der Waals surface area (Å²) in [6.45, 7) is 8.11. The lowest BCUT2D eigenvalue weighted by Gasteiger charge is -2.16. The molecule has 0 atom stereocenters. The Bertz CT molecular complexity index is 879. The Labute approximate surface area is 151 Å². The van der Waals surface area contributed by atoms with Crippen LogP contribution in [0.2, 0.25) is 0 Å². The van der Waals surface area contributed by atoms with Gasteiger partial charge in [-0.2, -0.15) is 0 Å². The number of benzene rings is 1. The SMILES string of the molecule is Cc1cccc(C(C)C)c1NC(=O)Cc1nc(-c2cccs2)oc1C. The van der Waals surface area contributed by atoms with E-state index in [1.807, 2.05) is 43.5 Å². The minimum absolute atomic E-state index is 0.0784. The fraction of sp³-hybridized carbons (Fsp3) is 0.300. The lowest BCUT2D eigenvalue weighted by Crippen LogP contribution is -2.17. The molecule has 2 heterocycles. The molecule has 0 aliphatic heterocycles. The predicted molar refractivity (Wildman–Crippen MR) is 102 cm³/mol. The zero-order valence-electron chi connectivity index (χ0n) is 14.9. The quantitative estimate of drug-likeness (QED) is 0.674. The molecule has 5 heteroatoms. The van der Waals surface area contributed by atoms with Crippen LogP contribution in [0.4, 0.5) is 5.69 Å². The molecular formula is C20H22N2O2S. The normalized spacial score (nSPS) is 11.1. The third kappa shape index (κ3) is 3.82. The first-order chi connectivity index (χ1) is 12.0. The molecule has 0 radical (unpaired) electrons. The standard InChI is InChI=1S/C20H22N2O2S/c1-12(2)15-8-5-7-13(3)19(15)22-18(23)11-16-14(4)24-20(21-16)17-9-6-10-25-17/h5-10,12H,11H2,1-4H3,(H,22,23). The highest BCUT2D eigenvalue weighted by molar-refractivity contribution is 7.13. The highest BCUT2D eigenvalue weighted by Crippen LogP contribution is 2.28. The van der Waals surface area contributed by atoms with Gasteiger partial charge >= 0.3 is 0 Å². The van der Waals surface area contributed by atoms with Gasteiger partial charge in [-0.1, -0.05) is 38.1 Å². The van der Waals surface area contributed by atoms with Crippen molar-refractivity contribution in [2.75, 3.05) is 5.32 Å². The van der Waals surface area contributed by atoms with Crippen LogP contribution in [0.5, 0.6) is 0 Å². The smallest absolute Gasteiger partial charge is 0.236 e. The van der Waals surface area contributed by atoms with Gasteiger partial charge in [-0.3, -0.25) is 4.79 Å². The molecule has 130 valence electrons. The Morgan fingerprint density at radius 2 is 2.04 bits per heavy atom. The van der Waals surface area contributed by atoms with Crippen LogP contribution in [0, 0.1) is 13.8 Å². The third-order valence-corrected chi connectivity index (χ3v) is 5.00. The first-order valence-corrected chi connectivity index (χ1v) is 9.23. The van der Waals surface area contributed by atoms with E-state index in [0.717, 1.165) is 21.7 Å². The first-order valence-electron chi connectivity index (χ1n) is 8.35. The number of aromatic nitrogens is 1. The van der Waals surface area contributed by atoms with Crippen molar-refractivity contribution in [1.29, 1.82) is 0 Å². The van der Waals surface area contributed by atoms with E-state index in [0.29, 0.717) is 23.3 Å². The van der Waals surface area contributed by atoms with E-state index in [4.69, 9.17) is 4.42 Å². The minimum Gasteiger partial charge on any atom is -0.440 e. The van der Waals surface area contributed by atoms with Crippen LogP contribution in [-0.2, 0) is 11.2 Å². The Kier molecular flexibility index (Phi) is 5.04. The van der Waals surface area contributed by atoms with E-state index < -0.39 is 0 Å². The number of rotatable bonds is 5. The number of carbonyl (C=O) groups excluding carboxylic acids is 1. The van der Waals surface area contributed by atoms with Gasteiger partial charge in [0.05, 0.1) is 17.0 Å². The number of thiophene rings is 1. The van der Waals surface area contributed by atoms with Gasteiger partial charge in [0.15, 0.2) is 0 Å². The maximum absolute atomic E-state index is 12.6. The monoisotopic (exact) mass is 354 g/mol. The number of oxazole rings is 1. The highest BCUT2D eigenvalue weighted by Gasteiger charge is 2.17. The molecule has 1 amide bonds. The molecule has 3 rings (SSSR count). The molecule has 1 N–H and O–H groups in total. The summed E-state index contributed by atoms with van der Waals surface area (Å²) in [4.78, 5) is 18.0. The van der Waals surface area contributed by atoms with Gasteiger partial charge in [-0.15, -0.1) is 11.3 Å². The van der Waals surface area contributed by atoms with Crippen molar-refractivity contribution in [3.05, 3.63) is 58.3 Å². The zero-order chi connectivity index (χ0) is 18.0. The number of anilines is 1. The summed E-state index contributed by atoms with van der Waals surface area (Å²) in [6, 6.07) is 10.0. The summed E-state index contributed by atoms with van der Waals surface area (Å²) < 4.78 is 5.72. The predicted octanol–water partition coefficient (Wildman–Crippen LogP) is 5.32. The maximum atomic E-state index is 12.6. The van der Waals surface area contributed by atoms with Crippen molar-refractivity contribution in [3.8, 4) is 10.8 Å². The maximum Gasteiger partial charge on any atom is 0.236 e. The molecular weight excluding hydrogens is 332 g/mol. The Morgan fingerprint density at radius 3 is 2.72 bits per heavy atom. The van der Waals surface area contributed by atoms with Crippen molar-refractivity contribution in [1.82, 2.24) is 4.98 Å². The molecule has 3 aromatic rings. The zero-order valence-corrected chi connectivity index (χ0v) is 15.7. The molecule has 0 bridgehead atoms. The van der Waals surface area contributed by atoms with E-state index in [1.54, 1.807) is 11.3 Å². The lowest BCUT2D eigenvalue weighted by molar-refractivity contribution is -0.115. The average Bonchev–Trinajstić information content (AvgIpc) is 3.19. The molecule has 0 fully saturated rings. The van der Waals surface area contributed by atoms with E-state index >= 15 is 0 Å². The summed E-state index contributed by atoms with van der Waals surface area (Å²) in [5.41, 5.74) is 3.79. The van der Waals surface area contributed by atoms with E-state index in [9.17, 15) is 4.79 Å². The first kappa shape index (κ1) is 17.4. The lowest BCUT2D eigenvalue weighted by atomic mass is 9.98. The number of para-hydroxylation sites is 1. The molecule has 1 aromatic carbocycles. The van der Waals surface area contributed by atoms with Crippen LogP contribution in [0.25, 0.3) is 10.8 Å². The molecule has 0 unspecified atom stereocenters. The molecule has 0 spiro atoms. The molecule has 0 aliphatic carbocycles. The number of nitrogens with one attached hydrogen (secondary N) is 1. The molecule has 0 aliphatic rings. The van der Waals surface area contributed by atoms with Gasteiger partial charge in [0, 0.05) is 5.69 Å².